The van der Waals surface area contributed by atoms with Gasteiger partial charge in [0.2, 0.25) is 0 Å². The smallest absolute Gasteiger partial charge is 0.328 e. The maximum absolute atomic E-state index is 13.3. The van der Waals surface area contributed by atoms with Crippen LogP contribution in [0.5, 0.6) is 0 Å². The van der Waals surface area contributed by atoms with Gasteiger partial charge in [0, 0.05) is 52.6 Å². The van der Waals surface area contributed by atoms with Crippen LogP contribution in [0.4, 0.5) is 0 Å². The first-order valence-electron chi connectivity index (χ1n) is 11.2. The normalized spacial score (nSPS) is 11.6. The van der Waals surface area contributed by atoms with Gasteiger partial charge >= 0.3 is 5.97 Å². The van der Waals surface area contributed by atoms with Gasteiger partial charge in [-0.25, -0.2) is 4.79 Å². The fourth-order valence-corrected chi connectivity index (χ4v) is 4.21. The Bertz CT molecular complexity index is 1300. The van der Waals surface area contributed by atoms with E-state index in [9.17, 15) is 14.4 Å². The summed E-state index contributed by atoms with van der Waals surface area (Å²) in [6.07, 6.45) is 6.19. The van der Waals surface area contributed by atoms with Crippen LogP contribution in [0.3, 0.4) is 0 Å². The number of carboxylic acid groups (broad SMARTS) is 1. The molecule has 174 valence electrons. The Morgan fingerprint density at radius 2 is 1.94 bits per heavy atom. The number of fused-ring (bicyclic) bond motifs is 1. The quantitative estimate of drug-likeness (QED) is 0.440. The van der Waals surface area contributed by atoms with Crippen molar-refractivity contribution in [3.63, 3.8) is 0 Å². The summed E-state index contributed by atoms with van der Waals surface area (Å²) < 4.78 is 2.07. The molecule has 0 spiro atoms. The van der Waals surface area contributed by atoms with E-state index in [0.717, 1.165) is 46.6 Å². The Morgan fingerprint density at radius 3 is 2.58 bits per heavy atom. The molecule has 0 saturated carbocycles. The van der Waals surface area contributed by atoms with Gasteiger partial charge in [-0.05, 0) is 75.1 Å². The van der Waals surface area contributed by atoms with Gasteiger partial charge in [-0.15, -0.1) is 0 Å². The lowest BCUT2D eigenvalue weighted by atomic mass is 10.0. The molecule has 2 heterocycles. The first-order chi connectivity index (χ1) is 15.6. The number of carboxylic acids is 1. The highest BCUT2D eigenvalue weighted by Crippen LogP contribution is 2.29. The summed E-state index contributed by atoms with van der Waals surface area (Å²) in [5, 5.41) is 12.8. The van der Waals surface area contributed by atoms with Crippen molar-refractivity contribution in [2.75, 3.05) is 0 Å². The maximum Gasteiger partial charge on any atom is 0.328 e. The van der Waals surface area contributed by atoms with E-state index in [1.807, 2.05) is 39.1 Å². The highest BCUT2D eigenvalue weighted by molar-refractivity contribution is 6.09. The molecule has 1 aromatic carbocycles. The first-order valence-corrected chi connectivity index (χ1v) is 11.2. The van der Waals surface area contributed by atoms with Gasteiger partial charge in [0.05, 0.1) is 0 Å². The molecule has 7 heteroatoms. The van der Waals surface area contributed by atoms with Crippen LogP contribution >= 0.6 is 0 Å². The van der Waals surface area contributed by atoms with Gasteiger partial charge in [-0.2, -0.15) is 0 Å². The molecule has 0 fully saturated rings. The zero-order valence-electron chi connectivity index (χ0n) is 19.8. The Hall–Kier alpha value is -3.61. The van der Waals surface area contributed by atoms with E-state index < -0.39 is 5.97 Å². The number of aryl methyl sites for hydroxylation is 3. The van der Waals surface area contributed by atoms with Crippen molar-refractivity contribution in [1.82, 2.24) is 14.9 Å². The fourth-order valence-electron chi connectivity index (χ4n) is 4.21. The van der Waals surface area contributed by atoms with Crippen molar-refractivity contribution >= 4 is 28.9 Å². The van der Waals surface area contributed by atoms with Crippen molar-refractivity contribution in [1.29, 1.82) is 0 Å². The van der Waals surface area contributed by atoms with Crippen LogP contribution in [0.15, 0.2) is 35.3 Å². The predicted octanol–water partition coefficient (Wildman–Crippen LogP) is 4.51. The molecule has 7 nitrogen and oxygen atoms in total. The fraction of sp³-hybridized carbons (Fsp3) is 0.346. The van der Waals surface area contributed by atoms with Crippen LogP contribution < -0.4 is 10.9 Å². The molecule has 0 aliphatic heterocycles. The van der Waals surface area contributed by atoms with Crippen molar-refractivity contribution in [2.45, 2.75) is 60.0 Å². The number of benzene rings is 1. The van der Waals surface area contributed by atoms with E-state index in [1.165, 1.54) is 6.08 Å². The first kappa shape index (κ1) is 24.0. The highest BCUT2D eigenvalue weighted by atomic mass is 16.4. The number of carbonyl (C=O) groups excluding carboxylic acids is 1. The molecule has 0 bridgehead atoms. The molecular weight excluding hydrogens is 418 g/mol. The average molecular weight is 450 g/mol. The number of H-pyrrole nitrogens is 1. The van der Waals surface area contributed by atoms with Gasteiger partial charge in [-0.3, -0.25) is 9.59 Å². The predicted molar refractivity (Wildman–Crippen MR) is 131 cm³/mol. The number of pyridine rings is 1. The minimum atomic E-state index is -1.06. The lowest BCUT2D eigenvalue weighted by molar-refractivity contribution is -0.131. The van der Waals surface area contributed by atoms with Crippen LogP contribution in [-0.2, 0) is 17.8 Å². The van der Waals surface area contributed by atoms with E-state index in [2.05, 4.69) is 28.7 Å². The summed E-state index contributed by atoms with van der Waals surface area (Å²) in [5.41, 5.74) is 4.99. The number of aromatic nitrogens is 2. The lowest BCUT2D eigenvalue weighted by Crippen LogP contribution is -2.28. The minimum absolute atomic E-state index is 0.115. The van der Waals surface area contributed by atoms with Crippen LogP contribution in [0.25, 0.3) is 17.0 Å². The second-order valence-corrected chi connectivity index (χ2v) is 8.67. The molecular formula is C26H31N3O4. The Morgan fingerprint density at radius 1 is 1.21 bits per heavy atom. The Kier molecular flexibility index (Phi) is 7.21. The number of aliphatic carboxylic acids is 1. The number of hydrogen-bond acceptors (Lipinski definition) is 3. The third-order valence-corrected chi connectivity index (χ3v) is 5.67. The monoisotopic (exact) mass is 449 g/mol. The van der Waals surface area contributed by atoms with Crippen molar-refractivity contribution in [3.8, 4) is 0 Å². The molecule has 2 aromatic heterocycles. The molecule has 0 saturated heterocycles. The molecule has 3 aromatic rings. The molecule has 0 aliphatic rings. The topological polar surface area (TPSA) is 104 Å². The second kappa shape index (κ2) is 9.90. The van der Waals surface area contributed by atoms with Crippen molar-refractivity contribution in [3.05, 3.63) is 74.3 Å². The summed E-state index contributed by atoms with van der Waals surface area (Å²) >= 11 is 0. The van der Waals surface area contributed by atoms with Crippen molar-refractivity contribution < 1.29 is 14.7 Å². The molecule has 0 atom stereocenters. The van der Waals surface area contributed by atoms with Crippen LogP contribution in [0, 0.1) is 13.8 Å². The molecule has 1 amide bonds. The molecule has 0 aliphatic carbocycles. The van der Waals surface area contributed by atoms with Crippen LogP contribution in [-0.4, -0.2) is 26.5 Å². The standard InChI is InChI=1S/C26H31N3O4/c1-6-7-19-10-17(5)28-26(33)21(19)13-27-25(32)20-11-18(8-9-23(30)31)12-22-24(20)16(4)14-29(22)15(2)3/h8-12,14-15H,6-7,13H2,1-5H3,(H,27,32)(H,28,33)(H,30,31). The number of hydrogen-bond donors (Lipinski definition) is 3. The summed E-state index contributed by atoms with van der Waals surface area (Å²) in [5.74, 6) is -1.36. The van der Waals surface area contributed by atoms with Crippen LogP contribution in [0.1, 0.15) is 71.5 Å². The number of aromatic amines is 1. The van der Waals surface area contributed by atoms with Gasteiger partial charge in [0.15, 0.2) is 0 Å². The number of rotatable bonds is 8. The van der Waals surface area contributed by atoms with E-state index >= 15 is 0 Å². The third-order valence-electron chi connectivity index (χ3n) is 5.67. The molecule has 33 heavy (non-hydrogen) atoms. The maximum atomic E-state index is 13.3. The second-order valence-electron chi connectivity index (χ2n) is 8.67. The van der Waals surface area contributed by atoms with E-state index in [4.69, 9.17) is 5.11 Å². The third kappa shape index (κ3) is 5.25. The number of nitrogens with one attached hydrogen (secondary N) is 2. The lowest BCUT2D eigenvalue weighted by Gasteiger charge is -2.13. The number of amides is 1. The van der Waals surface area contributed by atoms with Gasteiger partial charge in [0.1, 0.15) is 0 Å². The van der Waals surface area contributed by atoms with E-state index in [1.54, 1.807) is 6.07 Å². The van der Waals surface area contributed by atoms with Gasteiger partial charge in [-0.1, -0.05) is 13.3 Å². The molecule has 3 N–H and O–H groups in total. The molecule has 0 radical (unpaired) electrons. The van der Waals surface area contributed by atoms with Crippen LogP contribution in [0.2, 0.25) is 0 Å². The zero-order valence-corrected chi connectivity index (χ0v) is 19.8. The summed E-state index contributed by atoms with van der Waals surface area (Å²) in [7, 11) is 0. The number of nitrogens with zero attached hydrogens (tertiary/aromatic N) is 1. The SMILES string of the molecule is CCCc1cc(C)[nH]c(=O)c1CNC(=O)c1cc(C=CC(=O)O)cc2c1c(C)cn2C(C)C. The highest BCUT2D eigenvalue weighted by Gasteiger charge is 2.19. The summed E-state index contributed by atoms with van der Waals surface area (Å²) in [4.78, 5) is 39.7. The molecule has 0 unspecified atom stereocenters. The van der Waals surface area contributed by atoms with Gasteiger partial charge < -0.3 is 20.0 Å². The minimum Gasteiger partial charge on any atom is -0.478 e. The van der Waals surface area contributed by atoms with E-state index in [0.29, 0.717) is 16.7 Å². The summed E-state index contributed by atoms with van der Waals surface area (Å²) in [6.45, 7) is 10.1. The van der Waals surface area contributed by atoms with Gasteiger partial charge in [0.25, 0.3) is 11.5 Å². The molecule has 3 rings (SSSR count). The Balaban J connectivity index is 2.05. The van der Waals surface area contributed by atoms with Crippen molar-refractivity contribution in [2.24, 2.45) is 0 Å². The zero-order chi connectivity index (χ0) is 24.3. The average Bonchev–Trinajstić information content (AvgIpc) is 3.08. The number of carbonyl (C=O) groups is 2. The largest absolute Gasteiger partial charge is 0.478 e. The Labute approximate surface area is 193 Å². The summed E-state index contributed by atoms with van der Waals surface area (Å²) in [6, 6.07) is 5.71. The van der Waals surface area contributed by atoms with E-state index in [-0.39, 0.29) is 24.1 Å².